The molecule has 0 radical (unpaired) electrons. The molecular formula is C15H19N3O3. The largest absolute Gasteiger partial charge is 0.395 e. The van der Waals surface area contributed by atoms with Crippen molar-refractivity contribution in [1.82, 2.24) is 10.1 Å². The molecule has 6 heteroatoms. The minimum Gasteiger partial charge on any atom is -0.395 e. The quantitative estimate of drug-likeness (QED) is 0.848. The van der Waals surface area contributed by atoms with E-state index in [1.54, 1.807) is 7.11 Å². The normalized spacial score (nSPS) is 16.5. The minimum atomic E-state index is -0.357. The van der Waals surface area contributed by atoms with E-state index in [-0.39, 0.29) is 12.2 Å². The van der Waals surface area contributed by atoms with Crippen LogP contribution in [0.4, 0.5) is 5.69 Å². The van der Waals surface area contributed by atoms with E-state index in [1.807, 2.05) is 24.3 Å². The van der Waals surface area contributed by atoms with Gasteiger partial charge < -0.3 is 19.7 Å². The molecule has 1 aliphatic carbocycles. The van der Waals surface area contributed by atoms with E-state index in [9.17, 15) is 0 Å². The predicted molar refractivity (Wildman–Crippen MR) is 77.8 cm³/mol. The second-order valence-corrected chi connectivity index (χ2v) is 5.20. The second-order valence-electron chi connectivity index (χ2n) is 5.20. The maximum absolute atomic E-state index is 8.78. The molecular weight excluding hydrogens is 270 g/mol. The van der Waals surface area contributed by atoms with Crippen LogP contribution in [0.5, 0.6) is 0 Å². The summed E-state index contributed by atoms with van der Waals surface area (Å²) < 4.78 is 10.9. The molecule has 6 nitrogen and oxygen atoms in total. The Morgan fingerprint density at radius 1 is 1.33 bits per heavy atom. The molecule has 0 bridgehead atoms. The van der Waals surface area contributed by atoms with Crippen LogP contribution in [0.3, 0.4) is 0 Å². The first-order chi connectivity index (χ1) is 10.3. The van der Waals surface area contributed by atoms with Gasteiger partial charge in [-0.3, -0.25) is 0 Å². The third kappa shape index (κ3) is 2.64. The SMILES string of the molecule is COC1(c2noc(-c3ccc(NCCO)cc3)n2)CCC1. The van der Waals surface area contributed by atoms with Gasteiger partial charge in [0.15, 0.2) is 0 Å². The molecule has 2 aromatic rings. The Morgan fingerprint density at radius 2 is 2.10 bits per heavy atom. The van der Waals surface area contributed by atoms with Gasteiger partial charge in [0.05, 0.1) is 6.61 Å². The zero-order valence-electron chi connectivity index (χ0n) is 12.0. The summed E-state index contributed by atoms with van der Waals surface area (Å²) in [6, 6.07) is 7.67. The van der Waals surface area contributed by atoms with Crippen molar-refractivity contribution in [2.24, 2.45) is 0 Å². The molecule has 3 rings (SSSR count). The van der Waals surface area contributed by atoms with Gasteiger partial charge in [0.25, 0.3) is 5.89 Å². The standard InChI is InChI=1S/C15H19N3O3/c1-20-15(7-2-8-15)14-17-13(21-18-14)11-3-5-12(6-4-11)16-9-10-19/h3-6,16,19H,2,7-10H2,1H3. The van der Waals surface area contributed by atoms with E-state index < -0.39 is 0 Å². The maximum atomic E-state index is 8.78. The molecule has 0 unspecified atom stereocenters. The number of methoxy groups -OCH3 is 1. The lowest BCUT2D eigenvalue weighted by Crippen LogP contribution is -2.37. The van der Waals surface area contributed by atoms with Gasteiger partial charge in [0, 0.05) is 24.9 Å². The van der Waals surface area contributed by atoms with Crippen LogP contribution in [0.15, 0.2) is 28.8 Å². The first-order valence-corrected chi connectivity index (χ1v) is 7.12. The number of nitrogens with zero attached hydrogens (tertiary/aromatic N) is 2. The van der Waals surface area contributed by atoms with Gasteiger partial charge in [-0.15, -0.1) is 0 Å². The second kappa shape index (κ2) is 5.83. The average molecular weight is 289 g/mol. The van der Waals surface area contributed by atoms with Crippen LogP contribution in [0.25, 0.3) is 11.5 Å². The third-order valence-corrected chi connectivity index (χ3v) is 3.96. The molecule has 0 aliphatic heterocycles. The lowest BCUT2D eigenvalue weighted by molar-refractivity contribution is -0.0858. The molecule has 1 aromatic heterocycles. The zero-order chi connectivity index (χ0) is 14.7. The van der Waals surface area contributed by atoms with Gasteiger partial charge in [0.1, 0.15) is 5.60 Å². The van der Waals surface area contributed by atoms with Crippen molar-refractivity contribution in [3.8, 4) is 11.5 Å². The number of nitrogens with one attached hydrogen (secondary N) is 1. The molecule has 2 N–H and O–H groups in total. The lowest BCUT2D eigenvalue weighted by Gasteiger charge is -2.37. The van der Waals surface area contributed by atoms with Crippen molar-refractivity contribution in [1.29, 1.82) is 0 Å². The average Bonchev–Trinajstić information content (AvgIpc) is 2.95. The van der Waals surface area contributed by atoms with Crippen molar-refractivity contribution in [3.05, 3.63) is 30.1 Å². The summed E-state index contributed by atoms with van der Waals surface area (Å²) in [5.41, 5.74) is 1.46. The van der Waals surface area contributed by atoms with E-state index in [0.717, 1.165) is 30.5 Å². The molecule has 1 aromatic carbocycles. The van der Waals surface area contributed by atoms with E-state index >= 15 is 0 Å². The van der Waals surface area contributed by atoms with E-state index in [1.165, 1.54) is 0 Å². The smallest absolute Gasteiger partial charge is 0.258 e. The van der Waals surface area contributed by atoms with Gasteiger partial charge in [0.2, 0.25) is 5.82 Å². The molecule has 21 heavy (non-hydrogen) atoms. The molecule has 1 heterocycles. The number of benzene rings is 1. The van der Waals surface area contributed by atoms with E-state index in [4.69, 9.17) is 14.4 Å². The summed E-state index contributed by atoms with van der Waals surface area (Å²) in [5, 5.41) is 15.9. The van der Waals surface area contributed by atoms with E-state index in [0.29, 0.717) is 18.3 Å². The number of aliphatic hydroxyl groups excluding tert-OH is 1. The summed E-state index contributed by atoms with van der Waals surface area (Å²) in [6.07, 6.45) is 3.00. The first kappa shape index (κ1) is 14.0. The fourth-order valence-corrected chi connectivity index (χ4v) is 2.47. The Morgan fingerprint density at radius 3 is 2.67 bits per heavy atom. The van der Waals surface area contributed by atoms with Crippen LogP contribution in [-0.4, -0.2) is 35.5 Å². The number of aliphatic hydroxyl groups is 1. The summed E-state index contributed by atoms with van der Waals surface area (Å²) >= 11 is 0. The topological polar surface area (TPSA) is 80.4 Å². The monoisotopic (exact) mass is 289 g/mol. The van der Waals surface area contributed by atoms with Crippen molar-refractivity contribution in [2.75, 3.05) is 25.6 Å². The highest BCUT2D eigenvalue weighted by Crippen LogP contribution is 2.43. The van der Waals surface area contributed by atoms with Crippen LogP contribution >= 0.6 is 0 Å². The number of hydrogen-bond acceptors (Lipinski definition) is 6. The number of rotatable bonds is 6. The summed E-state index contributed by atoms with van der Waals surface area (Å²) in [4.78, 5) is 4.47. The van der Waals surface area contributed by atoms with E-state index in [2.05, 4.69) is 15.5 Å². The fraction of sp³-hybridized carbons (Fsp3) is 0.467. The first-order valence-electron chi connectivity index (χ1n) is 7.12. The zero-order valence-corrected chi connectivity index (χ0v) is 12.0. The predicted octanol–water partition coefficient (Wildman–Crippen LogP) is 2.17. The number of anilines is 1. The summed E-state index contributed by atoms with van der Waals surface area (Å²) in [5.74, 6) is 1.13. The summed E-state index contributed by atoms with van der Waals surface area (Å²) in [6.45, 7) is 0.633. The van der Waals surface area contributed by atoms with Gasteiger partial charge in [-0.1, -0.05) is 5.16 Å². The van der Waals surface area contributed by atoms with Gasteiger partial charge in [-0.2, -0.15) is 4.98 Å². The van der Waals surface area contributed by atoms with Crippen molar-refractivity contribution >= 4 is 5.69 Å². The third-order valence-electron chi connectivity index (χ3n) is 3.96. The number of hydrogen-bond donors (Lipinski definition) is 2. The molecule has 112 valence electrons. The lowest BCUT2D eigenvalue weighted by atomic mass is 9.79. The Hall–Kier alpha value is -1.92. The molecule has 1 aliphatic rings. The van der Waals surface area contributed by atoms with Gasteiger partial charge in [-0.05, 0) is 43.5 Å². The highest BCUT2D eigenvalue weighted by molar-refractivity contribution is 5.58. The van der Waals surface area contributed by atoms with Crippen molar-refractivity contribution < 1.29 is 14.4 Å². The minimum absolute atomic E-state index is 0.105. The van der Waals surface area contributed by atoms with Gasteiger partial charge in [-0.25, -0.2) is 0 Å². The highest BCUT2D eigenvalue weighted by Gasteiger charge is 2.43. The molecule has 1 saturated carbocycles. The summed E-state index contributed by atoms with van der Waals surface area (Å²) in [7, 11) is 1.69. The molecule has 0 saturated heterocycles. The highest BCUT2D eigenvalue weighted by atomic mass is 16.5. The molecule has 1 fully saturated rings. The number of ether oxygens (including phenoxy) is 1. The number of aromatic nitrogens is 2. The van der Waals surface area contributed by atoms with Crippen LogP contribution in [-0.2, 0) is 10.3 Å². The van der Waals surface area contributed by atoms with Crippen molar-refractivity contribution in [2.45, 2.75) is 24.9 Å². The Bertz CT molecular complexity index is 585. The Balaban J connectivity index is 1.77. The molecule has 0 amide bonds. The van der Waals surface area contributed by atoms with Gasteiger partial charge >= 0.3 is 0 Å². The molecule has 0 atom stereocenters. The van der Waals surface area contributed by atoms with Crippen LogP contribution in [0.1, 0.15) is 25.1 Å². The molecule has 0 spiro atoms. The van der Waals surface area contributed by atoms with Crippen LogP contribution < -0.4 is 5.32 Å². The van der Waals surface area contributed by atoms with Crippen LogP contribution in [0, 0.1) is 0 Å². The Labute approximate surface area is 123 Å². The maximum Gasteiger partial charge on any atom is 0.258 e. The Kier molecular flexibility index (Phi) is 3.90. The van der Waals surface area contributed by atoms with Crippen molar-refractivity contribution in [3.63, 3.8) is 0 Å². The fourth-order valence-electron chi connectivity index (χ4n) is 2.47. The van der Waals surface area contributed by atoms with Crippen LogP contribution in [0.2, 0.25) is 0 Å².